The maximum Gasteiger partial charge on any atom is 0.175 e. The zero-order chi connectivity index (χ0) is 22.6. The minimum atomic E-state index is 0.295. The molecule has 1 N–H and O–H groups in total. The summed E-state index contributed by atoms with van der Waals surface area (Å²) < 4.78 is 12.8. The molecule has 32 heavy (non-hydrogen) atoms. The van der Waals surface area contributed by atoms with Gasteiger partial charge in [-0.25, -0.2) is 0 Å². The molecule has 4 aliphatic carbocycles. The Labute approximate surface area is 201 Å². The molecule has 6 rings (SSSR count). The van der Waals surface area contributed by atoms with Gasteiger partial charge in [0, 0.05) is 12.1 Å². The lowest BCUT2D eigenvalue weighted by Crippen LogP contribution is -2.63. The molecule has 0 radical (unpaired) electrons. The Kier molecular flexibility index (Phi) is 5.61. The normalized spacial score (nSPS) is 32.8. The van der Waals surface area contributed by atoms with Gasteiger partial charge in [0.2, 0.25) is 0 Å². The van der Waals surface area contributed by atoms with E-state index < -0.39 is 0 Å². The molecule has 0 aliphatic heterocycles. The number of rotatable bonds is 7. The molecule has 0 heterocycles. The molecule has 2 unspecified atom stereocenters. The molecule has 172 valence electrons. The summed E-state index contributed by atoms with van der Waals surface area (Å²) in [5, 5.41) is 4.04. The van der Waals surface area contributed by atoms with Crippen molar-refractivity contribution in [3.05, 3.63) is 57.6 Å². The van der Waals surface area contributed by atoms with Gasteiger partial charge in [0.05, 0.1) is 11.6 Å². The van der Waals surface area contributed by atoms with E-state index in [2.05, 4.69) is 78.4 Å². The molecule has 4 saturated carbocycles. The first-order chi connectivity index (χ1) is 15.2. The van der Waals surface area contributed by atoms with Crippen molar-refractivity contribution in [3.63, 3.8) is 0 Å². The van der Waals surface area contributed by atoms with Crippen molar-refractivity contribution < 1.29 is 9.47 Å². The fraction of sp³-hybridized carbons (Fsp3) is 0.571. The van der Waals surface area contributed by atoms with Crippen molar-refractivity contribution in [2.75, 3.05) is 7.11 Å². The maximum atomic E-state index is 6.17. The van der Waals surface area contributed by atoms with Gasteiger partial charge in [0.25, 0.3) is 0 Å². The van der Waals surface area contributed by atoms with Crippen LogP contribution in [0.25, 0.3) is 0 Å². The first-order valence-electron chi connectivity index (χ1n) is 12.0. The highest BCUT2D eigenvalue weighted by Crippen LogP contribution is 2.66. The predicted octanol–water partition coefficient (Wildman–Crippen LogP) is 7.18. The summed E-state index contributed by atoms with van der Waals surface area (Å²) in [4.78, 5) is 0. The Hall–Kier alpha value is -1.52. The number of ether oxygens (including phenoxy) is 2. The Morgan fingerprint density at radius 1 is 1.00 bits per heavy atom. The number of methoxy groups -OCH3 is 1. The lowest BCUT2D eigenvalue weighted by Gasteiger charge is -2.65. The van der Waals surface area contributed by atoms with Gasteiger partial charge >= 0.3 is 0 Å². The Balaban J connectivity index is 1.30. The molecule has 2 aromatic rings. The average molecular weight is 499 g/mol. The second kappa shape index (κ2) is 8.06. The standard InChI is InChI=1S/C28H36BrNO2/c1-19-6-5-7-20(8-19)15-32-25-23(29)9-21(10-24(25)31-4)14-30-28-13-22-11-26(2,17-28)16-27(3,12-22)18-28/h5-10,22,30H,11-18H2,1-4H3. The number of hydrogen-bond acceptors (Lipinski definition) is 3. The van der Waals surface area contributed by atoms with Crippen LogP contribution in [0.15, 0.2) is 40.9 Å². The number of aryl methyl sites for hydroxylation is 1. The van der Waals surface area contributed by atoms with Gasteiger partial charge in [-0.15, -0.1) is 0 Å². The third-order valence-electron chi connectivity index (χ3n) is 8.05. The Morgan fingerprint density at radius 3 is 2.41 bits per heavy atom. The van der Waals surface area contributed by atoms with Crippen molar-refractivity contribution in [1.29, 1.82) is 0 Å². The largest absolute Gasteiger partial charge is 0.493 e. The van der Waals surface area contributed by atoms with E-state index in [1.165, 1.54) is 49.7 Å². The van der Waals surface area contributed by atoms with Gasteiger partial charge in [-0.1, -0.05) is 43.7 Å². The Bertz CT molecular complexity index is 1000. The van der Waals surface area contributed by atoms with E-state index in [-0.39, 0.29) is 0 Å². The molecule has 0 amide bonds. The second-order valence-corrected chi connectivity index (χ2v) is 12.5. The summed E-state index contributed by atoms with van der Waals surface area (Å²) in [6.07, 6.45) is 8.25. The van der Waals surface area contributed by atoms with Crippen LogP contribution in [0, 0.1) is 23.7 Å². The van der Waals surface area contributed by atoms with Crippen molar-refractivity contribution in [2.45, 2.75) is 78.0 Å². The summed E-state index contributed by atoms with van der Waals surface area (Å²) in [7, 11) is 1.72. The summed E-state index contributed by atoms with van der Waals surface area (Å²) in [6.45, 7) is 8.56. The predicted molar refractivity (Wildman–Crippen MR) is 133 cm³/mol. The monoisotopic (exact) mass is 497 g/mol. The minimum Gasteiger partial charge on any atom is -0.493 e. The van der Waals surface area contributed by atoms with E-state index >= 15 is 0 Å². The molecular weight excluding hydrogens is 462 g/mol. The highest BCUT2D eigenvalue weighted by Gasteiger charge is 2.59. The molecule has 0 aromatic heterocycles. The SMILES string of the molecule is COc1cc(CNC23CC4CC(C)(CC(C)(C4)C2)C3)cc(Br)c1OCc1cccc(C)c1. The van der Waals surface area contributed by atoms with Gasteiger partial charge < -0.3 is 14.8 Å². The fourth-order valence-corrected chi connectivity index (χ4v) is 8.51. The number of benzene rings is 2. The van der Waals surface area contributed by atoms with E-state index in [0.29, 0.717) is 23.0 Å². The molecular formula is C28H36BrNO2. The van der Waals surface area contributed by atoms with Crippen LogP contribution in [-0.2, 0) is 13.2 Å². The van der Waals surface area contributed by atoms with Crippen LogP contribution in [-0.4, -0.2) is 12.6 Å². The first kappa shape index (κ1) is 22.3. The highest BCUT2D eigenvalue weighted by atomic mass is 79.9. The van der Waals surface area contributed by atoms with Crippen LogP contribution in [0.5, 0.6) is 11.5 Å². The van der Waals surface area contributed by atoms with E-state index in [0.717, 1.165) is 34.0 Å². The third kappa shape index (κ3) is 4.33. The summed E-state index contributed by atoms with van der Waals surface area (Å²) in [6, 6.07) is 12.7. The summed E-state index contributed by atoms with van der Waals surface area (Å²) in [5.41, 5.74) is 4.98. The molecule has 0 saturated heterocycles. The van der Waals surface area contributed by atoms with Crippen molar-refractivity contribution in [1.82, 2.24) is 5.32 Å². The zero-order valence-electron chi connectivity index (χ0n) is 19.9. The summed E-state index contributed by atoms with van der Waals surface area (Å²) in [5.74, 6) is 2.45. The second-order valence-electron chi connectivity index (χ2n) is 11.7. The maximum absolute atomic E-state index is 6.17. The van der Waals surface area contributed by atoms with Crippen LogP contribution in [0.4, 0.5) is 0 Å². The third-order valence-corrected chi connectivity index (χ3v) is 8.64. The molecule has 3 nitrogen and oxygen atoms in total. The van der Waals surface area contributed by atoms with Crippen LogP contribution in [0.3, 0.4) is 0 Å². The molecule has 4 fully saturated rings. The van der Waals surface area contributed by atoms with Gasteiger partial charge in [-0.05, 0) is 101 Å². The molecule has 4 aliphatic rings. The fourth-order valence-electron chi connectivity index (χ4n) is 7.91. The molecule has 2 atom stereocenters. The van der Waals surface area contributed by atoms with Crippen LogP contribution in [0.2, 0.25) is 0 Å². The van der Waals surface area contributed by atoms with E-state index in [9.17, 15) is 0 Å². The van der Waals surface area contributed by atoms with Crippen molar-refractivity contribution >= 4 is 15.9 Å². The van der Waals surface area contributed by atoms with E-state index in [1.54, 1.807) is 7.11 Å². The van der Waals surface area contributed by atoms with Crippen LogP contribution in [0.1, 0.15) is 69.1 Å². The van der Waals surface area contributed by atoms with Crippen molar-refractivity contribution in [3.8, 4) is 11.5 Å². The highest BCUT2D eigenvalue weighted by molar-refractivity contribution is 9.10. The molecule has 4 bridgehead atoms. The minimum absolute atomic E-state index is 0.295. The van der Waals surface area contributed by atoms with E-state index in [4.69, 9.17) is 9.47 Å². The number of halogens is 1. The summed E-state index contributed by atoms with van der Waals surface area (Å²) >= 11 is 3.74. The van der Waals surface area contributed by atoms with Gasteiger partial charge in [-0.2, -0.15) is 0 Å². The van der Waals surface area contributed by atoms with Gasteiger partial charge in [-0.3, -0.25) is 0 Å². The Morgan fingerprint density at radius 2 is 1.75 bits per heavy atom. The smallest absolute Gasteiger partial charge is 0.175 e. The van der Waals surface area contributed by atoms with Gasteiger partial charge in [0.1, 0.15) is 6.61 Å². The van der Waals surface area contributed by atoms with Crippen LogP contribution < -0.4 is 14.8 Å². The number of hydrogen-bond donors (Lipinski definition) is 1. The molecule has 2 aromatic carbocycles. The van der Waals surface area contributed by atoms with E-state index in [1.807, 2.05) is 0 Å². The topological polar surface area (TPSA) is 30.5 Å². The van der Waals surface area contributed by atoms with Crippen molar-refractivity contribution in [2.24, 2.45) is 16.7 Å². The number of nitrogens with one attached hydrogen (secondary N) is 1. The van der Waals surface area contributed by atoms with Crippen LogP contribution >= 0.6 is 15.9 Å². The molecule has 0 spiro atoms. The quantitative estimate of drug-likeness (QED) is 0.439. The van der Waals surface area contributed by atoms with Gasteiger partial charge in [0.15, 0.2) is 11.5 Å². The average Bonchev–Trinajstić information content (AvgIpc) is 2.68. The lowest BCUT2D eigenvalue weighted by atomic mass is 9.43. The molecule has 4 heteroatoms. The first-order valence-corrected chi connectivity index (χ1v) is 12.8. The lowest BCUT2D eigenvalue weighted by molar-refractivity contribution is -0.118. The zero-order valence-corrected chi connectivity index (χ0v) is 21.5.